The topological polar surface area (TPSA) is 595 Å². The van der Waals surface area contributed by atoms with Gasteiger partial charge in [-0.15, -0.1) is 0 Å². The average Bonchev–Trinajstić information content (AvgIpc) is 3.27. The third-order valence-electron chi connectivity index (χ3n) is 11.0. The highest BCUT2D eigenvalue weighted by atomic mass is 16.4. The Hall–Kier alpha value is -5.89. The minimum Gasteiger partial charge on any atom is -0.481 e. The number of piperidine rings is 3. The monoisotopic (exact) mass is 1020 g/mol. The molecule has 3 heterocycles. The van der Waals surface area contributed by atoms with Crippen molar-refractivity contribution in [3.63, 3.8) is 0 Å². The Morgan fingerprint density at radius 3 is 0.914 bits per heavy atom. The van der Waals surface area contributed by atoms with Gasteiger partial charge >= 0.3 is 17.9 Å². The summed E-state index contributed by atoms with van der Waals surface area (Å²) in [5, 5.41) is 169. The second-order valence-electron chi connectivity index (χ2n) is 16.1. The van der Waals surface area contributed by atoms with Gasteiger partial charge < -0.3 is 128 Å². The highest BCUT2D eigenvalue weighted by Crippen LogP contribution is 2.22. The first-order valence-corrected chi connectivity index (χ1v) is 20.6. The number of rotatable bonds is 14. The number of aliphatic hydroxyl groups excluding tert-OH is 13. The molecule has 14 atom stereocenters. The van der Waals surface area contributed by atoms with E-state index in [9.17, 15) is 90.0 Å². The number of hydrogen-bond acceptors (Lipinski definition) is 22. The molecule has 0 spiro atoms. The van der Waals surface area contributed by atoms with E-state index < -0.39 is 147 Å². The number of likely N-dealkylation sites (tertiary alicyclic amines) is 3. The van der Waals surface area contributed by atoms with Gasteiger partial charge in [0, 0.05) is 40.8 Å². The largest absolute Gasteiger partial charge is 0.481 e. The van der Waals surface area contributed by atoms with Crippen molar-refractivity contribution < 1.29 is 110 Å². The number of likely N-dealkylation sites (N-methyl/N-ethyl adjacent to an activating group) is 3. The third kappa shape index (κ3) is 18.5. The fourth-order valence-electron chi connectivity index (χ4n) is 6.56. The predicted molar refractivity (Wildman–Crippen MR) is 232 cm³/mol. The Labute approximate surface area is 398 Å². The van der Waals surface area contributed by atoms with Crippen molar-refractivity contribution in [2.75, 3.05) is 80.2 Å². The minimum absolute atomic E-state index is 0.200. The van der Waals surface area contributed by atoms with E-state index in [1.807, 2.05) is 0 Å². The number of amides is 3. The molecule has 70 heavy (non-hydrogen) atoms. The number of guanidine groups is 3. The van der Waals surface area contributed by atoms with Crippen LogP contribution < -0.4 is 17.2 Å². The van der Waals surface area contributed by atoms with Crippen molar-refractivity contribution in [3.05, 3.63) is 0 Å². The van der Waals surface area contributed by atoms with E-state index in [0.717, 1.165) is 14.7 Å². The van der Waals surface area contributed by atoms with E-state index in [2.05, 4.69) is 0 Å². The van der Waals surface area contributed by atoms with Crippen molar-refractivity contribution in [1.29, 1.82) is 16.2 Å². The standard InChI is InChI=1S/3C10H20N4O5.C6H8O7/c3*1-13(10(11)12)3-7(17)14-2-6(16)9(19)8(18)5(14)4-15;7-3(8)1-2(5(10)11)4(9)6(12)13/h3*5-6,8-9,15-16,18-19H,2-4H2,1H3,(H3,11,12);2,4,9H,1H2,(H,7,8)(H,10,11)(H,12,13)/t3*5-,6+,8-,9-;/m111./s1. The molecular weight excluding hydrogens is 952 g/mol. The molecule has 0 aromatic carbocycles. The van der Waals surface area contributed by atoms with Crippen LogP contribution in [0, 0.1) is 22.1 Å². The van der Waals surface area contributed by atoms with E-state index in [1.165, 1.54) is 35.8 Å². The predicted octanol–water partition coefficient (Wildman–Crippen LogP) is -13.1. The van der Waals surface area contributed by atoms with E-state index >= 15 is 0 Å². The van der Waals surface area contributed by atoms with Gasteiger partial charge in [-0.2, -0.15) is 0 Å². The van der Waals surface area contributed by atoms with Gasteiger partial charge in [0.2, 0.25) is 17.7 Å². The minimum atomic E-state index is -2.20. The van der Waals surface area contributed by atoms with E-state index in [4.69, 9.17) is 53.9 Å². The normalized spacial score (nSPS) is 28.0. The van der Waals surface area contributed by atoms with Crippen LogP contribution in [0.3, 0.4) is 0 Å². The van der Waals surface area contributed by atoms with Crippen molar-refractivity contribution in [2.45, 2.75) is 85.6 Å². The van der Waals surface area contributed by atoms with E-state index in [-0.39, 0.29) is 57.1 Å². The second kappa shape index (κ2) is 29.3. The molecule has 3 aliphatic rings. The van der Waals surface area contributed by atoms with Crippen molar-refractivity contribution >= 4 is 53.5 Å². The van der Waals surface area contributed by atoms with Gasteiger partial charge in [-0.3, -0.25) is 40.2 Å². The number of carboxylic acid groups (broad SMARTS) is 3. The Balaban J connectivity index is 0.000000916. The van der Waals surface area contributed by atoms with E-state index in [0.29, 0.717) is 0 Å². The lowest BCUT2D eigenvalue weighted by Crippen LogP contribution is -2.65. The molecule has 0 radical (unpaired) electrons. The van der Waals surface area contributed by atoms with Crippen LogP contribution in [0.25, 0.3) is 0 Å². The molecule has 0 bridgehead atoms. The lowest BCUT2D eigenvalue weighted by atomic mass is 9.94. The van der Waals surface area contributed by atoms with Gasteiger partial charge in [0.25, 0.3) is 0 Å². The fraction of sp³-hybridized carbons (Fsp3) is 0.750. The van der Waals surface area contributed by atoms with Crippen molar-refractivity contribution in [3.8, 4) is 0 Å². The second-order valence-corrected chi connectivity index (χ2v) is 16.1. The molecule has 34 heteroatoms. The maximum absolute atomic E-state index is 12.0. The highest BCUT2D eigenvalue weighted by molar-refractivity contribution is 5.86. The molecule has 0 aliphatic carbocycles. The number of carbonyl (C=O) groups is 6. The first-order chi connectivity index (χ1) is 32.2. The first-order valence-electron chi connectivity index (χ1n) is 20.6. The van der Waals surface area contributed by atoms with Crippen LogP contribution in [0.5, 0.6) is 0 Å². The molecule has 3 rings (SSSR count). The maximum Gasteiger partial charge on any atom is 0.333 e. The summed E-state index contributed by atoms with van der Waals surface area (Å²) in [6.45, 7) is -2.89. The number of carbonyl (C=O) groups excluding carboxylic acids is 3. The summed E-state index contributed by atoms with van der Waals surface area (Å²) in [5.74, 6) is -9.15. The summed E-state index contributed by atoms with van der Waals surface area (Å²) in [4.78, 5) is 73.3. The zero-order valence-corrected chi connectivity index (χ0v) is 38.2. The van der Waals surface area contributed by atoms with Crippen LogP contribution in [-0.2, 0) is 28.8 Å². The van der Waals surface area contributed by atoms with Crippen molar-refractivity contribution in [1.82, 2.24) is 29.4 Å². The Morgan fingerprint density at radius 2 is 0.743 bits per heavy atom. The molecular formula is C36H68N12O22. The van der Waals surface area contributed by atoms with Crippen LogP contribution in [0.4, 0.5) is 0 Å². The molecule has 3 saturated heterocycles. The number of hydrogen-bond donors (Lipinski definition) is 22. The summed E-state index contributed by atoms with van der Waals surface area (Å²) >= 11 is 0. The number of nitrogens with zero attached hydrogens (tertiary/aromatic N) is 6. The lowest BCUT2D eigenvalue weighted by molar-refractivity contribution is -0.166. The average molecular weight is 1020 g/mol. The van der Waals surface area contributed by atoms with Gasteiger partial charge in [-0.1, -0.05) is 0 Å². The number of aliphatic hydroxyl groups is 13. The third-order valence-corrected chi connectivity index (χ3v) is 11.0. The first kappa shape index (κ1) is 64.1. The fourth-order valence-corrected chi connectivity index (χ4v) is 6.56. The summed E-state index contributed by atoms with van der Waals surface area (Å²) in [6, 6.07) is -2.98. The van der Waals surface area contributed by atoms with Crippen LogP contribution in [-0.4, -0.2) is 324 Å². The summed E-state index contributed by atoms with van der Waals surface area (Å²) in [6.07, 6.45) is -15.5. The van der Waals surface area contributed by atoms with Crippen molar-refractivity contribution in [2.24, 2.45) is 23.1 Å². The summed E-state index contributed by atoms with van der Waals surface area (Å²) in [7, 11) is 4.33. The smallest absolute Gasteiger partial charge is 0.333 e. The quantitative estimate of drug-likeness (QED) is 0.0567. The summed E-state index contributed by atoms with van der Waals surface area (Å²) < 4.78 is 0. The van der Waals surface area contributed by atoms with Gasteiger partial charge in [0.1, 0.15) is 60.9 Å². The maximum atomic E-state index is 12.0. The molecule has 404 valence electrons. The number of carboxylic acids is 3. The molecule has 3 fully saturated rings. The van der Waals surface area contributed by atoms with Crippen LogP contribution in [0.2, 0.25) is 0 Å². The lowest BCUT2D eigenvalue weighted by Gasteiger charge is -2.43. The molecule has 3 amide bonds. The Bertz CT molecular complexity index is 1630. The molecule has 34 nitrogen and oxygen atoms in total. The molecule has 0 aromatic heterocycles. The highest BCUT2D eigenvalue weighted by Gasteiger charge is 2.45. The van der Waals surface area contributed by atoms with Gasteiger partial charge in [-0.25, -0.2) is 4.79 Å². The Morgan fingerprint density at radius 1 is 0.500 bits per heavy atom. The molecule has 3 aliphatic heterocycles. The molecule has 0 saturated carbocycles. The number of aliphatic carboxylic acids is 3. The van der Waals surface area contributed by atoms with Gasteiger partial charge in [0.05, 0.1) is 64.0 Å². The van der Waals surface area contributed by atoms with Crippen LogP contribution in [0.1, 0.15) is 6.42 Å². The summed E-state index contributed by atoms with van der Waals surface area (Å²) in [5.41, 5.74) is 15.6. The van der Waals surface area contributed by atoms with E-state index in [1.54, 1.807) is 0 Å². The SMILES string of the molecule is CN(CC(=O)N1C[C@H](O)[C@@H](O)[C@H](O)[C@H]1CO)C(=N)N.CN(CC(=O)N1C[C@H](O)[C@@H](O)[C@H](O)[C@H]1CO)C(=N)N.CN(CC(=O)N1C[C@H](O)[C@@H](O)[C@H](O)[C@H]1CO)C(=N)N.O=C(O)CC(C(=O)O)C(O)C(=O)O. The van der Waals surface area contributed by atoms with Crippen LogP contribution >= 0.6 is 0 Å². The number of nitrogens with two attached hydrogens (primary N) is 3. The van der Waals surface area contributed by atoms with Gasteiger partial charge in [-0.05, 0) is 0 Å². The number of β-amino-alcohol motifs (C(OH)–C–C–N with tert-alkyl or cyclic N) is 3. The van der Waals surface area contributed by atoms with Crippen LogP contribution in [0.15, 0.2) is 0 Å². The van der Waals surface area contributed by atoms with Gasteiger partial charge in [0.15, 0.2) is 24.0 Å². The zero-order chi connectivity index (χ0) is 54.8. The molecule has 25 N–H and O–H groups in total. The molecule has 0 aromatic rings. The Kier molecular flexibility index (Phi) is 26.9. The molecule has 2 unspecified atom stereocenters. The number of nitrogens with one attached hydrogen (secondary N) is 3. The zero-order valence-electron chi connectivity index (χ0n) is 38.2.